The van der Waals surface area contributed by atoms with Gasteiger partial charge in [0.1, 0.15) is 22.8 Å². The number of imidazole rings is 1. The molecule has 4 rings (SSSR count). The molecule has 0 fully saturated rings. The molecule has 34 heavy (non-hydrogen) atoms. The van der Waals surface area contributed by atoms with E-state index >= 15 is 4.39 Å². The lowest BCUT2D eigenvalue weighted by Gasteiger charge is -2.23. The molecule has 0 aliphatic rings. The summed E-state index contributed by atoms with van der Waals surface area (Å²) in [6.45, 7) is 5.34. The Bertz CT molecular complexity index is 1350. The molecule has 0 radical (unpaired) electrons. The van der Waals surface area contributed by atoms with Crippen LogP contribution in [0.4, 0.5) is 17.6 Å². The van der Waals surface area contributed by atoms with Gasteiger partial charge in [0.15, 0.2) is 11.0 Å². The molecule has 5 nitrogen and oxygen atoms in total. The highest BCUT2D eigenvalue weighted by Gasteiger charge is 2.33. The second-order valence-electron chi connectivity index (χ2n) is 7.87. The molecule has 0 bridgehead atoms. The van der Waals surface area contributed by atoms with Crippen molar-refractivity contribution < 1.29 is 22.3 Å². The Balaban J connectivity index is 1.93. The molecule has 1 aromatic carbocycles. The molecule has 11 heteroatoms. The minimum Gasteiger partial charge on any atom is -0.490 e. The Morgan fingerprint density at radius 2 is 1.76 bits per heavy atom. The summed E-state index contributed by atoms with van der Waals surface area (Å²) < 4.78 is 62.0. The summed E-state index contributed by atoms with van der Waals surface area (Å²) in [5, 5.41) is 0.0502. The van der Waals surface area contributed by atoms with Gasteiger partial charge in [0.25, 0.3) is 0 Å². The van der Waals surface area contributed by atoms with Gasteiger partial charge in [0.2, 0.25) is 0 Å². The predicted molar refractivity (Wildman–Crippen MR) is 121 cm³/mol. The summed E-state index contributed by atoms with van der Waals surface area (Å²) in [5.74, 6) is -0.584. The van der Waals surface area contributed by atoms with Gasteiger partial charge in [-0.2, -0.15) is 13.2 Å². The van der Waals surface area contributed by atoms with Crippen LogP contribution in [0.2, 0.25) is 10.2 Å². The fourth-order valence-electron chi connectivity index (χ4n) is 3.66. The zero-order chi connectivity index (χ0) is 24.8. The first-order valence-corrected chi connectivity index (χ1v) is 10.9. The van der Waals surface area contributed by atoms with Gasteiger partial charge >= 0.3 is 6.18 Å². The third-order valence-corrected chi connectivity index (χ3v) is 5.76. The second-order valence-corrected chi connectivity index (χ2v) is 8.64. The summed E-state index contributed by atoms with van der Waals surface area (Å²) in [6, 6.07) is 3.36. The van der Waals surface area contributed by atoms with Gasteiger partial charge in [-0.25, -0.2) is 14.4 Å². The van der Waals surface area contributed by atoms with Crippen molar-refractivity contribution in [2.45, 2.75) is 39.0 Å². The van der Waals surface area contributed by atoms with Crippen LogP contribution in [0.1, 0.15) is 43.8 Å². The van der Waals surface area contributed by atoms with E-state index in [4.69, 9.17) is 27.9 Å². The molecule has 3 aromatic heterocycles. The van der Waals surface area contributed by atoms with Crippen molar-refractivity contribution in [1.82, 2.24) is 19.4 Å². The number of alkyl halides is 3. The molecule has 0 amide bonds. The lowest BCUT2D eigenvalue weighted by Crippen LogP contribution is -2.13. The summed E-state index contributed by atoms with van der Waals surface area (Å²) in [6.07, 6.45) is 0.736. The maximum absolute atomic E-state index is 15.3. The van der Waals surface area contributed by atoms with Crippen LogP contribution in [-0.4, -0.2) is 25.5 Å². The Hall–Kier alpha value is -2.91. The number of nitrogens with zero attached hydrogens (tertiary/aromatic N) is 4. The topological polar surface area (TPSA) is 52.3 Å². The third-order valence-electron chi connectivity index (χ3n) is 5.19. The number of fused-ring (bicyclic) bond motifs is 1. The van der Waals surface area contributed by atoms with E-state index in [0.717, 1.165) is 18.3 Å². The maximum Gasteiger partial charge on any atom is 0.433 e. The lowest BCUT2D eigenvalue weighted by atomic mass is 9.93. The molecule has 0 aliphatic heterocycles. The molecule has 4 aromatic rings. The first-order valence-electron chi connectivity index (χ1n) is 10.2. The summed E-state index contributed by atoms with van der Waals surface area (Å²) in [5.41, 5.74) is 0.00301. The van der Waals surface area contributed by atoms with Gasteiger partial charge in [-0.15, -0.1) is 0 Å². The minimum atomic E-state index is -4.62. The van der Waals surface area contributed by atoms with E-state index in [1.807, 2.05) is 6.92 Å². The quantitative estimate of drug-likeness (QED) is 0.265. The first-order chi connectivity index (χ1) is 16.0. The second kappa shape index (κ2) is 9.03. The largest absolute Gasteiger partial charge is 0.490 e. The summed E-state index contributed by atoms with van der Waals surface area (Å²) in [4.78, 5) is 12.0. The number of ether oxygens (including phenoxy) is 1. The van der Waals surface area contributed by atoms with E-state index in [9.17, 15) is 13.2 Å². The molecule has 0 saturated heterocycles. The minimum absolute atomic E-state index is 0.0789. The normalized spacial score (nSPS) is 13.0. The van der Waals surface area contributed by atoms with Crippen molar-refractivity contribution in [3.05, 3.63) is 76.1 Å². The van der Waals surface area contributed by atoms with E-state index < -0.39 is 23.6 Å². The SMILES string of the molecule is CC(C)Oc1c(C(C)c2ncc3c(Cl)nccn23)cc(Cl)c(F)c1-c1ccc(C(F)(F)F)nc1. The highest BCUT2D eigenvalue weighted by Crippen LogP contribution is 2.44. The van der Waals surface area contributed by atoms with Gasteiger partial charge < -0.3 is 4.74 Å². The van der Waals surface area contributed by atoms with Crippen molar-refractivity contribution in [3.8, 4) is 16.9 Å². The summed E-state index contributed by atoms with van der Waals surface area (Å²) >= 11 is 12.4. The zero-order valence-electron chi connectivity index (χ0n) is 18.2. The van der Waals surface area contributed by atoms with E-state index in [1.165, 1.54) is 12.3 Å². The number of rotatable bonds is 5. The van der Waals surface area contributed by atoms with Gasteiger partial charge in [-0.1, -0.05) is 36.2 Å². The van der Waals surface area contributed by atoms with Crippen molar-refractivity contribution in [3.63, 3.8) is 0 Å². The molecule has 0 saturated carbocycles. The molecule has 1 unspecified atom stereocenters. The third kappa shape index (κ3) is 4.42. The number of pyridine rings is 1. The van der Waals surface area contributed by atoms with E-state index in [2.05, 4.69) is 15.0 Å². The molecule has 1 atom stereocenters. The Morgan fingerprint density at radius 1 is 1.03 bits per heavy atom. The number of benzene rings is 1. The number of halogens is 6. The van der Waals surface area contributed by atoms with Crippen molar-refractivity contribution in [2.24, 2.45) is 0 Å². The lowest BCUT2D eigenvalue weighted by molar-refractivity contribution is -0.141. The van der Waals surface area contributed by atoms with E-state index in [0.29, 0.717) is 16.9 Å². The molecule has 0 spiro atoms. The average Bonchev–Trinajstić information content (AvgIpc) is 3.20. The first kappa shape index (κ1) is 24.2. The van der Waals surface area contributed by atoms with Crippen LogP contribution in [-0.2, 0) is 6.18 Å². The van der Waals surface area contributed by atoms with Crippen LogP contribution in [0.15, 0.2) is 43.0 Å². The van der Waals surface area contributed by atoms with Crippen LogP contribution in [0.25, 0.3) is 16.6 Å². The fourth-order valence-corrected chi connectivity index (χ4v) is 4.06. The molecular weight excluding hydrogens is 495 g/mol. The molecule has 3 heterocycles. The van der Waals surface area contributed by atoms with Crippen LogP contribution < -0.4 is 4.74 Å². The van der Waals surface area contributed by atoms with E-state index in [-0.39, 0.29) is 33.2 Å². The number of hydrogen-bond acceptors (Lipinski definition) is 4. The Labute approximate surface area is 202 Å². The standard InChI is InChI=1S/C23H18Cl2F4N4O/c1-11(2)34-20-14(12(3)22-32-10-16-21(25)30-6-7-33(16)22)8-15(24)19(26)18(20)13-4-5-17(31-9-13)23(27,28)29/h4-12H,1-3H3. The number of aromatic nitrogens is 4. The maximum atomic E-state index is 15.3. The molecule has 0 N–H and O–H groups in total. The number of hydrogen-bond donors (Lipinski definition) is 0. The molecule has 178 valence electrons. The van der Waals surface area contributed by atoms with E-state index in [1.54, 1.807) is 30.6 Å². The zero-order valence-corrected chi connectivity index (χ0v) is 19.7. The predicted octanol–water partition coefficient (Wildman–Crippen LogP) is 7.20. The van der Waals surface area contributed by atoms with Crippen LogP contribution >= 0.6 is 23.2 Å². The highest BCUT2D eigenvalue weighted by molar-refractivity contribution is 6.32. The van der Waals surface area contributed by atoms with Crippen LogP contribution in [0.3, 0.4) is 0 Å². The van der Waals surface area contributed by atoms with Crippen molar-refractivity contribution >= 4 is 28.7 Å². The molecule has 0 aliphatic carbocycles. The van der Waals surface area contributed by atoms with Crippen LogP contribution in [0.5, 0.6) is 5.75 Å². The van der Waals surface area contributed by atoms with Gasteiger partial charge in [0, 0.05) is 35.6 Å². The van der Waals surface area contributed by atoms with Gasteiger partial charge in [0.05, 0.1) is 22.9 Å². The van der Waals surface area contributed by atoms with Crippen molar-refractivity contribution in [1.29, 1.82) is 0 Å². The van der Waals surface area contributed by atoms with Crippen LogP contribution in [0, 0.1) is 5.82 Å². The average molecular weight is 513 g/mol. The Morgan fingerprint density at radius 3 is 2.38 bits per heavy atom. The van der Waals surface area contributed by atoms with Crippen molar-refractivity contribution in [2.75, 3.05) is 0 Å². The monoisotopic (exact) mass is 512 g/mol. The highest BCUT2D eigenvalue weighted by atomic mass is 35.5. The summed E-state index contributed by atoms with van der Waals surface area (Å²) in [7, 11) is 0. The smallest absolute Gasteiger partial charge is 0.433 e. The van der Waals surface area contributed by atoms with Gasteiger partial charge in [-0.3, -0.25) is 9.38 Å². The van der Waals surface area contributed by atoms with Gasteiger partial charge in [-0.05, 0) is 26.0 Å². The molecular formula is C23H18Cl2F4N4O. The Kier molecular flexibility index (Phi) is 6.44. The fraction of sp³-hybridized carbons (Fsp3) is 0.261.